The summed E-state index contributed by atoms with van der Waals surface area (Å²) in [6.45, 7) is 4.46. The zero-order chi connectivity index (χ0) is 28.2. The smallest absolute Gasteiger partial charge is 0.264 e. The van der Waals surface area contributed by atoms with Gasteiger partial charge >= 0.3 is 0 Å². The van der Waals surface area contributed by atoms with Crippen molar-refractivity contribution in [3.8, 4) is 0 Å². The average molecular weight is 547 g/mol. The summed E-state index contributed by atoms with van der Waals surface area (Å²) in [6.07, 6.45) is 19.9. The second-order valence-electron chi connectivity index (χ2n) is 11.3. The molecule has 0 aliphatic carbocycles. The third kappa shape index (κ3) is 8.02. The number of unbranched alkanes of at least 4 members (excludes halogenated alkanes) is 14. The quantitative estimate of drug-likeness (QED) is 0.0809. The van der Waals surface area contributed by atoms with Crippen LogP contribution in [0.3, 0.4) is 0 Å². The highest BCUT2D eigenvalue weighted by Gasteiger charge is 2.19. The third-order valence-corrected chi connectivity index (χ3v) is 7.90. The van der Waals surface area contributed by atoms with Crippen LogP contribution in [0.2, 0.25) is 0 Å². The van der Waals surface area contributed by atoms with Gasteiger partial charge in [0, 0.05) is 23.6 Å². The molecule has 2 aromatic carbocycles. The summed E-state index contributed by atoms with van der Waals surface area (Å²) < 4.78 is 11.7. The summed E-state index contributed by atoms with van der Waals surface area (Å²) in [6, 6.07) is 7.47. The Labute approximate surface area is 238 Å². The van der Waals surface area contributed by atoms with Crippen LogP contribution in [0.4, 0.5) is 0 Å². The molecule has 6 nitrogen and oxygen atoms in total. The summed E-state index contributed by atoms with van der Waals surface area (Å²) in [7, 11) is 0. The molecule has 4 aromatic rings. The van der Waals surface area contributed by atoms with Crippen LogP contribution in [0.1, 0.15) is 151 Å². The molecule has 0 unspecified atom stereocenters. The molecule has 0 amide bonds. The Hall–Kier alpha value is -3.02. The number of ketones is 2. The van der Waals surface area contributed by atoms with Gasteiger partial charge in [0.05, 0.1) is 0 Å². The van der Waals surface area contributed by atoms with E-state index < -0.39 is 0 Å². The molecule has 216 valence electrons. The van der Waals surface area contributed by atoms with Crippen LogP contribution in [0.15, 0.2) is 33.1 Å². The molecule has 40 heavy (non-hydrogen) atoms. The van der Waals surface area contributed by atoms with Crippen LogP contribution >= 0.6 is 0 Å². The summed E-state index contributed by atoms with van der Waals surface area (Å²) in [5.74, 6) is 0.247. The molecule has 0 aliphatic heterocycles. The van der Waals surface area contributed by atoms with E-state index in [2.05, 4.69) is 23.8 Å². The molecule has 0 atom stereocenters. The lowest BCUT2D eigenvalue weighted by Crippen LogP contribution is -1.99. The van der Waals surface area contributed by atoms with E-state index in [1.807, 2.05) is 24.3 Å². The van der Waals surface area contributed by atoms with E-state index in [1.54, 1.807) is 0 Å². The van der Waals surface area contributed by atoms with Gasteiger partial charge in [-0.25, -0.2) is 9.97 Å². The Morgan fingerprint density at radius 3 is 1.25 bits per heavy atom. The predicted octanol–water partition coefficient (Wildman–Crippen LogP) is 10.5. The van der Waals surface area contributed by atoms with Crippen molar-refractivity contribution in [2.75, 3.05) is 0 Å². The van der Waals surface area contributed by atoms with Gasteiger partial charge in [-0.1, -0.05) is 104 Å². The van der Waals surface area contributed by atoms with Gasteiger partial charge in [-0.15, -0.1) is 0 Å². The predicted molar refractivity (Wildman–Crippen MR) is 162 cm³/mol. The number of carbonyl (C=O) groups excluding carboxylic acids is 2. The van der Waals surface area contributed by atoms with Crippen molar-refractivity contribution >= 4 is 44.5 Å². The Morgan fingerprint density at radius 1 is 0.525 bits per heavy atom. The molecule has 0 bridgehead atoms. The first kappa shape index (κ1) is 30.0. The zero-order valence-electron chi connectivity index (χ0n) is 24.6. The van der Waals surface area contributed by atoms with Gasteiger partial charge in [0.2, 0.25) is 11.6 Å². The number of oxazole rings is 2. The van der Waals surface area contributed by atoms with Crippen LogP contribution in [0, 0.1) is 0 Å². The number of benzene rings is 2. The number of Topliss-reactive ketones (excluding diaryl/α,β-unsaturated/α-hetero) is 2. The molecular formula is C34H46N2O4. The number of rotatable bonds is 20. The fourth-order valence-corrected chi connectivity index (χ4v) is 5.48. The molecule has 0 aliphatic rings. The van der Waals surface area contributed by atoms with E-state index in [9.17, 15) is 9.59 Å². The van der Waals surface area contributed by atoms with Gasteiger partial charge in [0.15, 0.2) is 11.2 Å². The van der Waals surface area contributed by atoms with E-state index in [0.717, 1.165) is 36.5 Å². The van der Waals surface area contributed by atoms with E-state index in [1.165, 1.54) is 77.0 Å². The minimum absolute atomic E-state index is 0.0494. The lowest BCUT2D eigenvalue weighted by atomic mass is 10.1. The molecule has 2 heterocycles. The van der Waals surface area contributed by atoms with E-state index >= 15 is 0 Å². The standard InChI is InChI=1S/C34H46N2O4/c1-3-5-7-9-11-13-15-17-19-27(37)33-35-31-25-22-24-30-32(26(25)21-23-29(31)39-33)36-34(40-30)28(38)20-18-16-14-12-10-8-6-4-2/h21-24H,3-20H2,1-2H3. The third-order valence-electron chi connectivity index (χ3n) is 7.90. The Morgan fingerprint density at radius 2 is 0.875 bits per heavy atom. The normalized spacial score (nSPS) is 11.8. The summed E-state index contributed by atoms with van der Waals surface area (Å²) in [4.78, 5) is 34.7. The highest BCUT2D eigenvalue weighted by atomic mass is 16.4. The van der Waals surface area contributed by atoms with Gasteiger partial charge in [-0.2, -0.15) is 0 Å². The maximum atomic E-state index is 12.8. The topological polar surface area (TPSA) is 86.2 Å². The number of hydrogen-bond donors (Lipinski definition) is 0. The maximum Gasteiger partial charge on any atom is 0.264 e. The zero-order valence-corrected chi connectivity index (χ0v) is 24.6. The van der Waals surface area contributed by atoms with Crippen LogP contribution in [0.5, 0.6) is 0 Å². The SMILES string of the molecule is CCCCCCCCCCC(=O)c1nc2c(ccc3c2ccc2oc(C(=O)CCCCCCCCCC)nc23)o1. The lowest BCUT2D eigenvalue weighted by molar-refractivity contribution is 0.0940. The van der Waals surface area contributed by atoms with Crippen molar-refractivity contribution in [1.82, 2.24) is 9.97 Å². The van der Waals surface area contributed by atoms with Gasteiger partial charge < -0.3 is 8.83 Å². The van der Waals surface area contributed by atoms with E-state index in [4.69, 9.17) is 8.83 Å². The molecule has 4 rings (SSSR count). The van der Waals surface area contributed by atoms with Crippen molar-refractivity contribution in [2.45, 2.75) is 129 Å². The Balaban J connectivity index is 1.35. The van der Waals surface area contributed by atoms with Gasteiger partial charge in [-0.05, 0) is 37.1 Å². The number of nitrogens with zero attached hydrogens (tertiary/aromatic N) is 2. The summed E-state index contributed by atoms with van der Waals surface area (Å²) in [5, 5.41) is 1.69. The molecule has 0 saturated carbocycles. The van der Waals surface area contributed by atoms with Crippen LogP contribution in [-0.4, -0.2) is 21.5 Å². The molecule has 0 saturated heterocycles. The first-order chi connectivity index (χ1) is 19.6. The number of hydrogen-bond acceptors (Lipinski definition) is 6. The molecular weight excluding hydrogens is 500 g/mol. The molecule has 0 spiro atoms. The second kappa shape index (κ2) is 15.7. The van der Waals surface area contributed by atoms with Gasteiger partial charge in [0.1, 0.15) is 11.0 Å². The van der Waals surface area contributed by atoms with Crippen molar-refractivity contribution in [3.05, 3.63) is 36.0 Å². The lowest BCUT2D eigenvalue weighted by Gasteiger charge is -2.00. The van der Waals surface area contributed by atoms with Crippen molar-refractivity contribution in [3.63, 3.8) is 0 Å². The maximum absolute atomic E-state index is 12.8. The highest BCUT2D eigenvalue weighted by molar-refractivity contribution is 6.14. The number of carbonyl (C=O) groups is 2. The minimum Gasteiger partial charge on any atom is -0.434 e. The second-order valence-corrected chi connectivity index (χ2v) is 11.3. The molecule has 0 N–H and O–H groups in total. The number of aromatic nitrogens is 2. The molecule has 2 aromatic heterocycles. The van der Waals surface area contributed by atoms with E-state index in [-0.39, 0.29) is 23.3 Å². The fourth-order valence-electron chi connectivity index (χ4n) is 5.48. The average Bonchev–Trinajstić information content (AvgIpc) is 3.60. The van der Waals surface area contributed by atoms with Crippen LogP contribution in [-0.2, 0) is 0 Å². The monoisotopic (exact) mass is 546 g/mol. The van der Waals surface area contributed by atoms with Gasteiger partial charge in [-0.3, -0.25) is 9.59 Å². The van der Waals surface area contributed by atoms with E-state index in [0.29, 0.717) is 35.0 Å². The first-order valence-electron chi connectivity index (χ1n) is 15.8. The van der Waals surface area contributed by atoms with Crippen molar-refractivity contribution < 1.29 is 18.4 Å². The Kier molecular flexibility index (Phi) is 11.7. The summed E-state index contributed by atoms with van der Waals surface area (Å²) in [5.41, 5.74) is 2.46. The fraction of sp³-hybridized carbons (Fsp3) is 0.588. The highest BCUT2D eigenvalue weighted by Crippen LogP contribution is 2.32. The number of fused-ring (bicyclic) bond motifs is 5. The van der Waals surface area contributed by atoms with Crippen LogP contribution in [0.25, 0.3) is 33.0 Å². The Bertz CT molecular complexity index is 1280. The summed E-state index contributed by atoms with van der Waals surface area (Å²) >= 11 is 0. The van der Waals surface area contributed by atoms with Crippen molar-refractivity contribution in [1.29, 1.82) is 0 Å². The van der Waals surface area contributed by atoms with Crippen LogP contribution < -0.4 is 0 Å². The molecule has 6 heteroatoms. The minimum atomic E-state index is -0.0494. The van der Waals surface area contributed by atoms with Crippen molar-refractivity contribution in [2.24, 2.45) is 0 Å². The molecule has 0 fully saturated rings. The largest absolute Gasteiger partial charge is 0.434 e. The van der Waals surface area contributed by atoms with Gasteiger partial charge in [0.25, 0.3) is 11.8 Å². The first-order valence-corrected chi connectivity index (χ1v) is 15.8. The molecule has 0 radical (unpaired) electrons.